The van der Waals surface area contributed by atoms with Crippen molar-refractivity contribution in [1.29, 1.82) is 0 Å². The van der Waals surface area contributed by atoms with Gasteiger partial charge in [0.25, 0.3) is 0 Å². The van der Waals surface area contributed by atoms with Crippen LogP contribution < -0.4 is 4.74 Å². The van der Waals surface area contributed by atoms with Gasteiger partial charge in [0.2, 0.25) is 0 Å². The van der Waals surface area contributed by atoms with Gasteiger partial charge in [-0.3, -0.25) is 4.98 Å². The molecule has 0 saturated heterocycles. The summed E-state index contributed by atoms with van der Waals surface area (Å²) in [5.41, 5.74) is 0.906. The Morgan fingerprint density at radius 3 is 3.00 bits per heavy atom. The number of fused-ring (bicyclic) bond motifs is 1. The van der Waals surface area contributed by atoms with Crippen LogP contribution >= 0.6 is 15.9 Å². The van der Waals surface area contributed by atoms with Gasteiger partial charge < -0.3 is 4.74 Å². The third-order valence-electron chi connectivity index (χ3n) is 1.97. The van der Waals surface area contributed by atoms with Gasteiger partial charge in [0, 0.05) is 11.6 Å². The zero-order chi connectivity index (χ0) is 9.97. The first kappa shape index (κ1) is 9.46. The molecule has 0 radical (unpaired) electrons. The Bertz CT molecular complexity index is 456. The van der Waals surface area contributed by atoms with Gasteiger partial charge in [-0.15, -0.1) is 0 Å². The maximum absolute atomic E-state index is 5.54. The fraction of sp³-hybridized carbons (Fsp3) is 0.182. The van der Waals surface area contributed by atoms with E-state index in [1.807, 2.05) is 31.2 Å². The van der Waals surface area contributed by atoms with Crippen LogP contribution in [0.1, 0.15) is 6.92 Å². The maximum Gasteiger partial charge on any atom is 0.159 e. The molecule has 0 unspecified atom stereocenters. The molecule has 2 nitrogen and oxygen atoms in total. The number of ether oxygens (including phenoxy) is 1. The molecule has 0 aliphatic carbocycles. The molecule has 0 spiro atoms. The van der Waals surface area contributed by atoms with E-state index < -0.39 is 0 Å². The first-order valence-electron chi connectivity index (χ1n) is 4.49. The average Bonchev–Trinajstić information content (AvgIpc) is 2.23. The average molecular weight is 252 g/mol. The lowest BCUT2D eigenvalue weighted by atomic mass is 10.2. The highest BCUT2D eigenvalue weighted by Gasteiger charge is 2.06. The van der Waals surface area contributed by atoms with Gasteiger partial charge in [-0.1, -0.05) is 12.1 Å². The van der Waals surface area contributed by atoms with Crippen molar-refractivity contribution in [2.45, 2.75) is 6.92 Å². The summed E-state index contributed by atoms with van der Waals surface area (Å²) in [5.74, 6) is 0.825. The van der Waals surface area contributed by atoms with Crippen LogP contribution in [0.15, 0.2) is 34.9 Å². The first-order valence-corrected chi connectivity index (χ1v) is 5.28. The molecule has 0 N–H and O–H groups in total. The molecule has 14 heavy (non-hydrogen) atoms. The van der Waals surface area contributed by atoms with Gasteiger partial charge in [-0.05, 0) is 35.0 Å². The lowest BCUT2D eigenvalue weighted by Gasteiger charge is -2.08. The van der Waals surface area contributed by atoms with Crippen LogP contribution in [0, 0.1) is 0 Å². The Kier molecular flexibility index (Phi) is 2.68. The van der Waals surface area contributed by atoms with E-state index in [0.717, 1.165) is 21.1 Å². The molecular formula is C11H10BrNO. The highest BCUT2D eigenvalue weighted by molar-refractivity contribution is 9.10. The number of hydrogen-bond donors (Lipinski definition) is 0. The van der Waals surface area contributed by atoms with Crippen molar-refractivity contribution < 1.29 is 4.74 Å². The second-order valence-electron chi connectivity index (χ2n) is 2.88. The van der Waals surface area contributed by atoms with Crippen LogP contribution in [0.4, 0.5) is 0 Å². The molecule has 0 saturated carbocycles. The minimum absolute atomic E-state index is 0.647. The zero-order valence-electron chi connectivity index (χ0n) is 7.83. The predicted octanol–water partition coefficient (Wildman–Crippen LogP) is 3.40. The zero-order valence-corrected chi connectivity index (χ0v) is 9.41. The SMILES string of the molecule is CCOc1c(Br)ccc2cccnc12. The molecule has 1 aromatic heterocycles. The van der Waals surface area contributed by atoms with E-state index in [2.05, 4.69) is 20.9 Å². The third-order valence-corrected chi connectivity index (χ3v) is 2.59. The van der Waals surface area contributed by atoms with Crippen molar-refractivity contribution in [3.05, 3.63) is 34.9 Å². The molecule has 1 heterocycles. The summed E-state index contributed by atoms with van der Waals surface area (Å²) in [4.78, 5) is 4.31. The van der Waals surface area contributed by atoms with E-state index >= 15 is 0 Å². The number of nitrogens with zero attached hydrogens (tertiary/aromatic N) is 1. The predicted molar refractivity (Wildman–Crippen MR) is 60.6 cm³/mol. The van der Waals surface area contributed by atoms with Gasteiger partial charge in [0.05, 0.1) is 11.1 Å². The molecule has 72 valence electrons. The third kappa shape index (κ3) is 1.60. The minimum Gasteiger partial charge on any atom is -0.490 e. The summed E-state index contributed by atoms with van der Waals surface area (Å²) in [6.07, 6.45) is 1.78. The normalized spacial score (nSPS) is 10.4. The fourth-order valence-electron chi connectivity index (χ4n) is 1.38. The molecule has 0 amide bonds. The lowest BCUT2D eigenvalue weighted by molar-refractivity contribution is 0.341. The topological polar surface area (TPSA) is 22.1 Å². The molecule has 1 aromatic carbocycles. The van der Waals surface area contributed by atoms with Crippen molar-refractivity contribution in [2.24, 2.45) is 0 Å². The van der Waals surface area contributed by atoms with E-state index in [1.54, 1.807) is 6.20 Å². The number of rotatable bonds is 2. The van der Waals surface area contributed by atoms with E-state index in [9.17, 15) is 0 Å². The molecule has 0 atom stereocenters. The van der Waals surface area contributed by atoms with Crippen LogP contribution in [0.5, 0.6) is 5.75 Å². The summed E-state index contributed by atoms with van der Waals surface area (Å²) in [6.45, 7) is 2.61. The van der Waals surface area contributed by atoms with Gasteiger partial charge >= 0.3 is 0 Å². The largest absolute Gasteiger partial charge is 0.490 e. The second-order valence-corrected chi connectivity index (χ2v) is 3.74. The van der Waals surface area contributed by atoms with Gasteiger partial charge in [-0.25, -0.2) is 0 Å². The highest BCUT2D eigenvalue weighted by Crippen LogP contribution is 2.31. The molecule has 0 bridgehead atoms. The summed E-state index contributed by atoms with van der Waals surface area (Å²) in [6, 6.07) is 7.95. The number of halogens is 1. The number of hydrogen-bond acceptors (Lipinski definition) is 2. The van der Waals surface area contributed by atoms with Crippen molar-refractivity contribution in [1.82, 2.24) is 4.98 Å². The Labute approximate surface area is 91.0 Å². The van der Waals surface area contributed by atoms with Crippen molar-refractivity contribution in [3.8, 4) is 5.75 Å². The molecule has 3 heteroatoms. The van der Waals surface area contributed by atoms with Crippen molar-refractivity contribution >= 4 is 26.8 Å². The van der Waals surface area contributed by atoms with E-state index in [1.165, 1.54) is 0 Å². The summed E-state index contributed by atoms with van der Waals surface area (Å²) in [5, 5.41) is 1.10. The Balaban J connectivity index is 2.69. The summed E-state index contributed by atoms with van der Waals surface area (Å²) >= 11 is 3.45. The molecular weight excluding hydrogens is 242 g/mol. The first-order chi connectivity index (χ1) is 6.83. The number of benzene rings is 1. The number of aromatic nitrogens is 1. The van der Waals surface area contributed by atoms with Gasteiger partial charge in [-0.2, -0.15) is 0 Å². The van der Waals surface area contributed by atoms with Crippen molar-refractivity contribution in [2.75, 3.05) is 6.61 Å². The van der Waals surface area contributed by atoms with Gasteiger partial charge in [0.1, 0.15) is 5.52 Å². The number of pyridine rings is 1. The Morgan fingerprint density at radius 1 is 1.36 bits per heavy atom. The minimum atomic E-state index is 0.647. The standard InChI is InChI=1S/C11H10BrNO/c1-2-14-11-9(12)6-5-8-4-3-7-13-10(8)11/h3-7H,2H2,1H3. The molecule has 2 rings (SSSR count). The Morgan fingerprint density at radius 2 is 2.21 bits per heavy atom. The summed E-state index contributed by atoms with van der Waals surface area (Å²) < 4.78 is 6.49. The molecule has 0 fully saturated rings. The molecule has 0 aliphatic heterocycles. The van der Waals surface area contributed by atoms with Crippen LogP contribution in [0.2, 0.25) is 0 Å². The van der Waals surface area contributed by atoms with Crippen molar-refractivity contribution in [3.63, 3.8) is 0 Å². The maximum atomic E-state index is 5.54. The fourth-order valence-corrected chi connectivity index (χ4v) is 1.81. The lowest BCUT2D eigenvalue weighted by Crippen LogP contribution is -1.94. The highest BCUT2D eigenvalue weighted by atomic mass is 79.9. The molecule has 0 aliphatic rings. The van der Waals surface area contributed by atoms with Crippen LogP contribution in [-0.4, -0.2) is 11.6 Å². The monoisotopic (exact) mass is 251 g/mol. The van der Waals surface area contributed by atoms with E-state index in [0.29, 0.717) is 6.61 Å². The van der Waals surface area contributed by atoms with E-state index in [-0.39, 0.29) is 0 Å². The van der Waals surface area contributed by atoms with Crippen LogP contribution in [0.3, 0.4) is 0 Å². The van der Waals surface area contributed by atoms with Gasteiger partial charge in [0.15, 0.2) is 5.75 Å². The Hall–Kier alpha value is -1.09. The second kappa shape index (κ2) is 3.96. The van der Waals surface area contributed by atoms with Crippen LogP contribution in [-0.2, 0) is 0 Å². The molecule has 2 aromatic rings. The smallest absolute Gasteiger partial charge is 0.159 e. The summed E-state index contributed by atoms with van der Waals surface area (Å²) in [7, 11) is 0. The van der Waals surface area contributed by atoms with E-state index in [4.69, 9.17) is 4.74 Å². The quantitative estimate of drug-likeness (QED) is 0.817. The van der Waals surface area contributed by atoms with Crippen LogP contribution in [0.25, 0.3) is 10.9 Å².